The Balaban J connectivity index is 4.18. The molecule has 1 unspecified atom stereocenters. The second-order valence-corrected chi connectivity index (χ2v) is 21.0. The van der Waals surface area contributed by atoms with Crippen LogP contribution in [-0.2, 0) is 28.6 Å². The minimum Gasteiger partial charge on any atom is -0.462 e. The lowest BCUT2D eigenvalue weighted by atomic mass is 10.0. The van der Waals surface area contributed by atoms with E-state index in [9.17, 15) is 14.4 Å². The Morgan fingerprint density at radius 3 is 0.813 bits per heavy atom. The second-order valence-electron chi connectivity index (χ2n) is 21.0. The van der Waals surface area contributed by atoms with Crippen LogP contribution in [0.15, 0.2) is 97.2 Å². The molecule has 6 heteroatoms. The van der Waals surface area contributed by atoms with Gasteiger partial charge in [-0.1, -0.05) is 298 Å². The number of ether oxygens (including phenoxy) is 3. The van der Waals surface area contributed by atoms with Gasteiger partial charge in [-0.3, -0.25) is 14.4 Å². The van der Waals surface area contributed by atoms with Crippen LogP contribution >= 0.6 is 0 Å². The van der Waals surface area contributed by atoms with E-state index in [1.165, 1.54) is 154 Å². The molecular weight excluding hydrogens is 925 g/mol. The molecule has 0 aliphatic rings. The summed E-state index contributed by atoms with van der Waals surface area (Å²) in [6.07, 6.45) is 84.6. The van der Waals surface area contributed by atoms with Crippen molar-refractivity contribution in [3.8, 4) is 0 Å². The maximum Gasteiger partial charge on any atom is 0.306 e. The predicted molar refractivity (Wildman–Crippen MR) is 325 cm³/mol. The minimum absolute atomic E-state index is 0.0895. The van der Waals surface area contributed by atoms with Crippen molar-refractivity contribution in [3.63, 3.8) is 0 Å². The molecule has 0 saturated heterocycles. The van der Waals surface area contributed by atoms with Crippen LogP contribution in [0.5, 0.6) is 0 Å². The van der Waals surface area contributed by atoms with Crippen molar-refractivity contribution >= 4 is 17.9 Å². The van der Waals surface area contributed by atoms with Crippen molar-refractivity contribution in [1.82, 2.24) is 0 Å². The molecule has 430 valence electrons. The summed E-state index contributed by atoms with van der Waals surface area (Å²) >= 11 is 0. The number of allylic oxidation sites excluding steroid dienone is 16. The van der Waals surface area contributed by atoms with Gasteiger partial charge in [-0.05, 0) is 83.5 Å². The van der Waals surface area contributed by atoms with Crippen LogP contribution in [0.1, 0.15) is 303 Å². The Morgan fingerprint density at radius 2 is 0.520 bits per heavy atom. The number of hydrogen-bond donors (Lipinski definition) is 0. The van der Waals surface area contributed by atoms with Gasteiger partial charge in [0.05, 0.1) is 0 Å². The van der Waals surface area contributed by atoms with Crippen molar-refractivity contribution in [3.05, 3.63) is 97.2 Å². The van der Waals surface area contributed by atoms with Crippen molar-refractivity contribution < 1.29 is 28.6 Å². The molecule has 0 rings (SSSR count). The van der Waals surface area contributed by atoms with Gasteiger partial charge >= 0.3 is 17.9 Å². The van der Waals surface area contributed by atoms with Crippen molar-refractivity contribution in [2.45, 2.75) is 309 Å². The summed E-state index contributed by atoms with van der Waals surface area (Å²) in [5, 5.41) is 0. The Hall–Kier alpha value is -3.67. The Labute approximate surface area is 464 Å². The number of esters is 3. The maximum atomic E-state index is 12.8. The van der Waals surface area contributed by atoms with Gasteiger partial charge in [0.15, 0.2) is 6.10 Å². The van der Waals surface area contributed by atoms with Crippen LogP contribution < -0.4 is 0 Å². The van der Waals surface area contributed by atoms with Gasteiger partial charge in [0.25, 0.3) is 0 Å². The van der Waals surface area contributed by atoms with E-state index in [1.807, 2.05) is 0 Å². The molecule has 0 radical (unpaired) electrons. The fraction of sp³-hybridized carbons (Fsp3) is 0.725. The Morgan fingerprint density at radius 1 is 0.280 bits per heavy atom. The largest absolute Gasteiger partial charge is 0.462 e. The highest BCUT2D eigenvalue weighted by Crippen LogP contribution is 2.17. The fourth-order valence-electron chi connectivity index (χ4n) is 8.87. The lowest BCUT2D eigenvalue weighted by Crippen LogP contribution is -2.30. The zero-order valence-corrected chi connectivity index (χ0v) is 49.3. The molecule has 0 aromatic rings. The van der Waals surface area contributed by atoms with Gasteiger partial charge in [-0.25, -0.2) is 0 Å². The number of unbranched alkanes of at least 4 members (excludes halogenated alkanes) is 30. The zero-order chi connectivity index (χ0) is 54.3. The van der Waals surface area contributed by atoms with Gasteiger partial charge in [-0.2, -0.15) is 0 Å². The molecule has 0 spiro atoms. The average Bonchev–Trinajstić information content (AvgIpc) is 3.41. The first-order valence-corrected chi connectivity index (χ1v) is 31.7. The Kier molecular flexibility index (Phi) is 59.8. The molecule has 0 aliphatic heterocycles. The number of hydrogen-bond acceptors (Lipinski definition) is 6. The van der Waals surface area contributed by atoms with Crippen LogP contribution in [0.4, 0.5) is 0 Å². The molecule has 0 heterocycles. The summed E-state index contributed by atoms with van der Waals surface area (Å²) in [4.78, 5) is 38.0. The third-order valence-electron chi connectivity index (χ3n) is 13.6. The van der Waals surface area contributed by atoms with Gasteiger partial charge in [0.1, 0.15) is 13.2 Å². The van der Waals surface area contributed by atoms with Crippen LogP contribution in [0, 0.1) is 0 Å². The Bertz CT molecular complexity index is 1480. The molecule has 0 aromatic carbocycles. The standard InChI is InChI=1S/C69H118O6/c1-4-7-10-13-16-18-20-22-24-26-28-30-32-34-35-36-38-39-41-43-45-47-49-51-53-56-59-62-68(71)74-65-66(64-73-67(70)61-58-55-15-12-9-6-3)75-69(72)63-60-57-54-52-50-48-46-44-42-40-37-33-31-29-27-25-23-21-19-17-14-11-8-5-2/h7,10,16,18,22,24,28,30,34-35,38-39,43,45,49,51,66H,4-6,8-9,11-15,17,19-21,23,25-27,29,31-33,36-37,40-42,44,46-48,50,52-65H2,1-3H3/b10-7-,18-16-,24-22-,30-28-,35-34-,39-38-,45-43-,51-49-. The van der Waals surface area contributed by atoms with E-state index in [0.717, 1.165) is 109 Å². The summed E-state index contributed by atoms with van der Waals surface area (Å²) in [5.41, 5.74) is 0. The summed E-state index contributed by atoms with van der Waals surface area (Å²) in [7, 11) is 0. The highest BCUT2D eigenvalue weighted by Gasteiger charge is 2.19. The highest BCUT2D eigenvalue weighted by molar-refractivity contribution is 5.71. The van der Waals surface area contributed by atoms with E-state index in [4.69, 9.17) is 14.2 Å². The van der Waals surface area contributed by atoms with E-state index >= 15 is 0 Å². The van der Waals surface area contributed by atoms with E-state index in [1.54, 1.807) is 0 Å². The maximum absolute atomic E-state index is 12.8. The van der Waals surface area contributed by atoms with E-state index in [2.05, 4.69) is 118 Å². The zero-order valence-electron chi connectivity index (χ0n) is 49.3. The van der Waals surface area contributed by atoms with Crippen molar-refractivity contribution in [1.29, 1.82) is 0 Å². The minimum atomic E-state index is -0.792. The molecule has 75 heavy (non-hydrogen) atoms. The molecule has 0 saturated carbocycles. The highest BCUT2D eigenvalue weighted by atomic mass is 16.6. The first kappa shape index (κ1) is 71.3. The van der Waals surface area contributed by atoms with Gasteiger partial charge in [0.2, 0.25) is 0 Å². The smallest absolute Gasteiger partial charge is 0.306 e. The molecule has 0 N–H and O–H groups in total. The first-order chi connectivity index (χ1) is 37.0. The lowest BCUT2D eigenvalue weighted by Gasteiger charge is -2.18. The van der Waals surface area contributed by atoms with Gasteiger partial charge in [-0.15, -0.1) is 0 Å². The van der Waals surface area contributed by atoms with Crippen LogP contribution in [0.2, 0.25) is 0 Å². The first-order valence-electron chi connectivity index (χ1n) is 31.7. The van der Waals surface area contributed by atoms with Crippen LogP contribution in [-0.4, -0.2) is 37.2 Å². The lowest BCUT2D eigenvalue weighted by molar-refractivity contribution is -0.167. The summed E-state index contributed by atoms with van der Waals surface area (Å²) in [6, 6.07) is 0. The molecule has 6 nitrogen and oxygen atoms in total. The third-order valence-corrected chi connectivity index (χ3v) is 13.6. The fourth-order valence-corrected chi connectivity index (χ4v) is 8.87. The summed E-state index contributed by atoms with van der Waals surface area (Å²) in [5.74, 6) is -0.936. The monoisotopic (exact) mass is 1040 g/mol. The van der Waals surface area contributed by atoms with Gasteiger partial charge < -0.3 is 14.2 Å². The molecular formula is C69H118O6. The van der Waals surface area contributed by atoms with Crippen LogP contribution in [0.3, 0.4) is 0 Å². The summed E-state index contributed by atoms with van der Waals surface area (Å²) < 4.78 is 16.8. The normalized spacial score (nSPS) is 12.7. The van der Waals surface area contributed by atoms with Crippen LogP contribution in [0.25, 0.3) is 0 Å². The van der Waals surface area contributed by atoms with E-state index in [0.29, 0.717) is 19.3 Å². The number of carbonyl (C=O) groups excluding carboxylic acids is 3. The average molecular weight is 1040 g/mol. The molecule has 0 amide bonds. The second kappa shape index (κ2) is 62.9. The van der Waals surface area contributed by atoms with E-state index in [-0.39, 0.29) is 31.1 Å². The molecule has 0 bridgehead atoms. The third kappa shape index (κ3) is 61.1. The SMILES string of the molecule is CC/C=C\C/C=C\C/C=C\C/C=C\C/C=C\C/C=C\C/C=C\C/C=C\CCCCC(=O)OCC(COC(=O)CCCCCCCC)OC(=O)CCCCCCCCCCCCCCCCCCCCCCCCCC. The molecule has 0 fully saturated rings. The number of carbonyl (C=O) groups is 3. The van der Waals surface area contributed by atoms with Crippen molar-refractivity contribution in [2.75, 3.05) is 13.2 Å². The van der Waals surface area contributed by atoms with Gasteiger partial charge in [0, 0.05) is 19.3 Å². The molecule has 1 atom stereocenters. The quantitative estimate of drug-likeness (QED) is 0.0261. The molecule has 0 aromatic heterocycles. The van der Waals surface area contributed by atoms with E-state index < -0.39 is 6.10 Å². The summed E-state index contributed by atoms with van der Waals surface area (Å²) in [6.45, 7) is 6.46. The number of rotatable bonds is 57. The topological polar surface area (TPSA) is 78.9 Å². The van der Waals surface area contributed by atoms with Crippen molar-refractivity contribution in [2.24, 2.45) is 0 Å². The molecule has 0 aliphatic carbocycles. The predicted octanol–water partition coefficient (Wildman–Crippen LogP) is 21.7.